The van der Waals surface area contributed by atoms with Crippen LogP contribution in [0.4, 0.5) is 0 Å². The van der Waals surface area contributed by atoms with E-state index >= 15 is 0 Å². The Bertz CT molecular complexity index is 535. The van der Waals surface area contributed by atoms with Gasteiger partial charge in [-0.3, -0.25) is 4.79 Å². The molecule has 2 rings (SSSR count). The van der Waals surface area contributed by atoms with Crippen molar-refractivity contribution in [3.8, 4) is 0 Å². The van der Waals surface area contributed by atoms with E-state index in [0.29, 0.717) is 0 Å². The summed E-state index contributed by atoms with van der Waals surface area (Å²) in [7, 11) is 0. The molecule has 0 aliphatic rings. The van der Waals surface area contributed by atoms with Gasteiger partial charge >= 0.3 is 0 Å². The van der Waals surface area contributed by atoms with E-state index in [-0.39, 0.29) is 11.7 Å². The topological polar surface area (TPSA) is 32.9 Å². The lowest BCUT2D eigenvalue weighted by molar-refractivity contribution is 0.0914. The molecular weight excluding hydrogens is 210 g/mol. The van der Waals surface area contributed by atoms with Crippen LogP contribution in [0.2, 0.25) is 0 Å². The fraction of sp³-hybridized carbons (Fsp3) is 0.400. The number of aromatic nitrogens is 1. The maximum absolute atomic E-state index is 12.5. The van der Waals surface area contributed by atoms with E-state index in [2.05, 4.69) is 18.8 Å². The van der Waals surface area contributed by atoms with Crippen LogP contribution in [-0.2, 0) is 0 Å². The molecule has 1 N–H and O–H groups in total. The third kappa shape index (κ3) is 1.99. The molecule has 1 aromatic heterocycles. The Kier molecular flexibility index (Phi) is 3.32. The molecule has 0 amide bonds. The van der Waals surface area contributed by atoms with Crippen molar-refractivity contribution in [2.24, 2.45) is 5.92 Å². The number of carbonyl (C=O) groups is 1. The predicted molar refractivity (Wildman–Crippen MR) is 71.4 cm³/mol. The number of hydrogen-bond acceptors (Lipinski definition) is 1. The number of fused-ring (bicyclic) bond motifs is 1. The maximum atomic E-state index is 12.5. The highest BCUT2D eigenvalue weighted by atomic mass is 16.1. The van der Waals surface area contributed by atoms with Gasteiger partial charge in [-0.1, -0.05) is 32.0 Å². The maximum Gasteiger partial charge on any atom is 0.168 e. The lowest BCUT2D eigenvalue weighted by Crippen LogP contribution is -2.13. The van der Waals surface area contributed by atoms with Crippen LogP contribution in [0.5, 0.6) is 0 Å². The first-order valence-corrected chi connectivity index (χ1v) is 6.30. The summed E-state index contributed by atoms with van der Waals surface area (Å²) in [5, 5.41) is 1.06. The van der Waals surface area contributed by atoms with Crippen LogP contribution >= 0.6 is 0 Å². The highest BCUT2D eigenvalue weighted by Crippen LogP contribution is 2.26. The lowest BCUT2D eigenvalue weighted by atomic mass is 9.91. The second kappa shape index (κ2) is 4.74. The van der Waals surface area contributed by atoms with E-state index in [0.717, 1.165) is 35.0 Å². The Hall–Kier alpha value is -1.57. The number of ketones is 1. The summed E-state index contributed by atoms with van der Waals surface area (Å²) in [6, 6.07) is 8.02. The van der Waals surface area contributed by atoms with Crippen molar-refractivity contribution in [2.45, 2.75) is 33.6 Å². The first-order chi connectivity index (χ1) is 8.19. The Morgan fingerprint density at radius 3 is 2.53 bits per heavy atom. The van der Waals surface area contributed by atoms with E-state index in [1.165, 1.54) is 0 Å². The fourth-order valence-electron chi connectivity index (χ4n) is 2.46. The smallest absolute Gasteiger partial charge is 0.168 e. The van der Waals surface area contributed by atoms with Crippen molar-refractivity contribution in [3.05, 3.63) is 35.5 Å². The number of rotatable bonds is 4. The Morgan fingerprint density at radius 1 is 1.24 bits per heavy atom. The van der Waals surface area contributed by atoms with Crippen LogP contribution in [-0.4, -0.2) is 10.8 Å². The molecule has 0 bridgehead atoms. The summed E-state index contributed by atoms with van der Waals surface area (Å²) < 4.78 is 0. The molecule has 2 heteroatoms. The minimum atomic E-state index is 0.146. The molecule has 0 aliphatic carbocycles. The zero-order valence-electron chi connectivity index (χ0n) is 10.7. The second-order valence-corrected chi connectivity index (χ2v) is 4.55. The molecule has 1 aromatic carbocycles. The zero-order valence-corrected chi connectivity index (χ0v) is 10.7. The summed E-state index contributed by atoms with van der Waals surface area (Å²) in [6.45, 7) is 6.14. The summed E-state index contributed by atoms with van der Waals surface area (Å²) in [6.07, 6.45) is 1.82. The fourth-order valence-corrected chi connectivity index (χ4v) is 2.46. The minimum Gasteiger partial charge on any atom is -0.358 e. The van der Waals surface area contributed by atoms with Crippen LogP contribution < -0.4 is 0 Å². The van der Waals surface area contributed by atoms with Gasteiger partial charge in [-0.05, 0) is 25.8 Å². The zero-order chi connectivity index (χ0) is 12.4. The summed E-state index contributed by atoms with van der Waals surface area (Å²) in [5.41, 5.74) is 2.93. The third-order valence-electron chi connectivity index (χ3n) is 3.50. The number of aromatic amines is 1. The second-order valence-electron chi connectivity index (χ2n) is 4.55. The van der Waals surface area contributed by atoms with Crippen molar-refractivity contribution in [2.75, 3.05) is 0 Å². The van der Waals surface area contributed by atoms with Crippen LogP contribution in [0, 0.1) is 12.8 Å². The minimum absolute atomic E-state index is 0.146. The third-order valence-corrected chi connectivity index (χ3v) is 3.50. The Balaban J connectivity index is 2.54. The van der Waals surface area contributed by atoms with Crippen LogP contribution in [0.25, 0.3) is 10.9 Å². The van der Waals surface area contributed by atoms with Crippen LogP contribution in [0.15, 0.2) is 24.3 Å². The molecule has 2 nitrogen and oxygen atoms in total. The van der Waals surface area contributed by atoms with Gasteiger partial charge in [0.1, 0.15) is 0 Å². The van der Waals surface area contributed by atoms with Gasteiger partial charge in [0.25, 0.3) is 0 Å². The highest BCUT2D eigenvalue weighted by Gasteiger charge is 2.21. The molecule has 0 atom stereocenters. The van der Waals surface area contributed by atoms with Gasteiger partial charge in [0.05, 0.1) is 0 Å². The average molecular weight is 229 g/mol. The van der Waals surface area contributed by atoms with Crippen molar-refractivity contribution >= 4 is 16.7 Å². The molecule has 0 saturated heterocycles. The van der Waals surface area contributed by atoms with Gasteiger partial charge in [0.2, 0.25) is 0 Å². The molecule has 1 heterocycles. The van der Waals surface area contributed by atoms with Crippen molar-refractivity contribution in [3.63, 3.8) is 0 Å². The standard InChI is InChI=1S/C15H19NO/c1-4-11(5-2)15(17)14-10(3)16-13-9-7-6-8-12(13)14/h6-9,11,16H,4-5H2,1-3H3. The first kappa shape index (κ1) is 11.9. The molecular formula is C15H19NO. The number of carbonyl (C=O) groups excluding carboxylic acids is 1. The summed E-state index contributed by atoms with van der Waals surface area (Å²) >= 11 is 0. The molecule has 0 unspecified atom stereocenters. The molecule has 2 aromatic rings. The predicted octanol–water partition coefficient (Wildman–Crippen LogP) is 4.10. The summed E-state index contributed by atoms with van der Waals surface area (Å²) in [5.74, 6) is 0.429. The average Bonchev–Trinajstić information content (AvgIpc) is 2.66. The largest absolute Gasteiger partial charge is 0.358 e. The quantitative estimate of drug-likeness (QED) is 0.787. The number of H-pyrrole nitrogens is 1. The number of hydrogen-bond donors (Lipinski definition) is 1. The normalized spacial score (nSPS) is 11.3. The summed E-state index contributed by atoms with van der Waals surface area (Å²) in [4.78, 5) is 15.8. The molecule has 17 heavy (non-hydrogen) atoms. The molecule has 0 radical (unpaired) electrons. The van der Waals surface area contributed by atoms with Crippen molar-refractivity contribution in [1.29, 1.82) is 0 Å². The van der Waals surface area contributed by atoms with E-state index in [1.54, 1.807) is 0 Å². The number of benzene rings is 1. The number of Topliss-reactive ketones (excluding diaryl/α,β-unsaturated/α-hetero) is 1. The number of para-hydroxylation sites is 1. The van der Waals surface area contributed by atoms with E-state index in [1.807, 2.05) is 31.2 Å². The first-order valence-electron chi connectivity index (χ1n) is 6.30. The number of nitrogens with one attached hydrogen (secondary N) is 1. The van der Waals surface area contributed by atoms with Crippen LogP contribution in [0.1, 0.15) is 42.7 Å². The van der Waals surface area contributed by atoms with Gasteiger partial charge in [0, 0.05) is 28.1 Å². The molecule has 0 spiro atoms. The Morgan fingerprint density at radius 2 is 1.88 bits per heavy atom. The molecule has 0 saturated carbocycles. The van der Waals surface area contributed by atoms with E-state index in [9.17, 15) is 4.79 Å². The van der Waals surface area contributed by atoms with Gasteiger partial charge in [-0.15, -0.1) is 0 Å². The van der Waals surface area contributed by atoms with Crippen molar-refractivity contribution < 1.29 is 4.79 Å². The van der Waals surface area contributed by atoms with Gasteiger partial charge in [-0.2, -0.15) is 0 Å². The van der Waals surface area contributed by atoms with Crippen LogP contribution in [0.3, 0.4) is 0 Å². The van der Waals surface area contributed by atoms with E-state index in [4.69, 9.17) is 0 Å². The van der Waals surface area contributed by atoms with Gasteiger partial charge < -0.3 is 4.98 Å². The monoisotopic (exact) mass is 229 g/mol. The molecule has 90 valence electrons. The van der Waals surface area contributed by atoms with Gasteiger partial charge in [0.15, 0.2) is 5.78 Å². The van der Waals surface area contributed by atoms with Crippen molar-refractivity contribution in [1.82, 2.24) is 4.98 Å². The SMILES string of the molecule is CCC(CC)C(=O)c1c(C)[nH]c2ccccc12. The Labute approximate surface area is 102 Å². The highest BCUT2D eigenvalue weighted by molar-refractivity contribution is 6.10. The van der Waals surface area contributed by atoms with Gasteiger partial charge in [-0.25, -0.2) is 0 Å². The van der Waals surface area contributed by atoms with E-state index < -0.39 is 0 Å². The molecule has 0 fully saturated rings. The lowest BCUT2D eigenvalue weighted by Gasteiger charge is -2.11. The molecule has 0 aliphatic heterocycles. The number of aryl methyl sites for hydroxylation is 1.